The first kappa shape index (κ1) is 25.4. The Morgan fingerprint density at radius 3 is 2.59 bits per heavy atom. The number of nitro benzene ring substituents is 1. The summed E-state index contributed by atoms with van der Waals surface area (Å²) in [4.78, 5) is 16.0. The minimum atomic E-state index is -4.13. The summed E-state index contributed by atoms with van der Waals surface area (Å²) in [5.41, 5.74) is 0.813. The van der Waals surface area contributed by atoms with Crippen LogP contribution in [0.25, 0.3) is 0 Å². The number of nitro groups is 1. The summed E-state index contributed by atoms with van der Waals surface area (Å²) in [5.74, 6) is 0.980. The zero-order valence-electron chi connectivity index (χ0n) is 16.2. The van der Waals surface area contributed by atoms with Crippen LogP contribution < -0.4 is 10.6 Å². The van der Waals surface area contributed by atoms with Crippen molar-refractivity contribution in [3.05, 3.63) is 39.9 Å². The molecule has 0 radical (unpaired) electrons. The molecule has 2 N–H and O–H groups in total. The fourth-order valence-electron chi connectivity index (χ4n) is 3.27. The minimum Gasteiger partial charge on any atom is -0.356 e. The molecule has 1 aromatic carbocycles. The summed E-state index contributed by atoms with van der Waals surface area (Å²) in [6.45, 7) is 1.19. The molecule has 11 heteroatoms. The predicted octanol–water partition coefficient (Wildman–Crippen LogP) is 3.54. The highest BCUT2D eigenvalue weighted by Crippen LogP contribution is 2.24. The zero-order valence-corrected chi connectivity index (χ0v) is 18.6. The number of benzene rings is 1. The van der Waals surface area contributed by atoms with E-state index in [0.29, 0.717) is 38.1 Å². The van der Waals surface area contributed by atoms with E-state index < -0.39 is 17.6 Å². The van der Waals surface area contributed by atoms with Gasteiger partial charge in [-0.05, 0) is 43.8 Å². The Morgan fingerprint density at radius 1 is 1.31 bits per heavy atom. The summed E-state index contributed by atoms with van der Waals surface area (Å²) in [6, 6.07) is 6.38. The molecule has 0 saturated carbocycles. The molecule has 2 rings (SSSR count). The maximum absolute atomic E-state index is 12.4. The molecule has 0 amide bonds. The van der Waals surface area contributed by atoms with Gasteiger partial charge >= 0.3 is 6.18 Å². The number of likely N-dealkylation sites (tertiary alicyclic amines) is 1. The van der Waals surface area contributed by atoms with Gasteiger partial charge < -0.3 is 10.6 Å². The van der Waals surface area contributed by atoms with E-state index in [1.54, 1.807) is 19.2 Å². The molecule has 0 unspecified atom stereocenters. The van der Waals surface area contributed by atoms with Crippen molar-refractivity contribution in [1.29, 1.82) is 0 Å². The lowest BCUT2D eigenvalue weighted by atomic mass is 9.93. The smallest absolute Gasteiger partial charge is 0.356 e. The van der Waals surface area contributed by atoms with Crippen LogP contribution in [0.2, 0.25) is 0 Å². The standard InChI is InChI=1S/C18H26F3N5O2.HI/c1-22-17(24-12-15-3-2-4-16(11-15)26(27)28)23-8-5-14-6-9-25(10-7-14)13-18(19,20)21;/h2-4,11,14H,5-10,12-13H2,1H3,(H2,22,23,24);1H. The minimum absolute atomic E-state index is 0. The Labute approximate surface area is 185 Å². The van der Waals surface area contributed by atoms with Crippen molar-refractivity contribution >= 4 is 35.6 Å². The van der Waals surface area contributed by atoms with Crippen LogP contribution in [0.15, 0.2) is 29.3 Å². The lowest BCUT2D eigenvalue weighted by Crippen LogP contribution is -2.41. The largest absolute Gasteiger partial charge is 0.401 e. The van der Waals surface area contributed by atoms with Crippen LogP contribution in [0.5, 0.6) is 0 Å². The summed E-state index contributed by atoms with van der Waals surface area (Å²) < 4.78 is 37.3. The molecule has 0 atom stereocenters. The third-order valence-electron chi connectivity index (χ3n) is 4.76. The van der Waals surface area contributed by atoms with Gasteiger partial charge in [0.1, 0.15) is 0 Å². The van der Waals surface area contributed by atoms with Crippen molar-refractivity contribution < 1.29 is 18.1 Å². The number of halogens is 4. The van der Waals surface area contributed by atoms with E-state index >= 15 is 0 Å². The van der Waals surface area contributed by atoms with Crippen LogP contribution in [0.4, 0.5) is 18.9 Å². The number of piperidine rings is 1. The van der Waals surface area contributed by atoms with Gasteiger partial charge in [-0.1, -0.05) is 12.1 Å². The number of non-ortho nitro benzene ring substituents is 1. The maximum Gasteiger partial charge on any atom is 0.401 e. The molecule has 0 aliphatic carbocycles. The highest BCUT2D eigenvalue weighted by atomic mass is 127. The Kier molecular flexibility index (Phi) is 10.6. The van der Waals surface area contributed by atoms with Crippen LogP contribution in [0.3, 0.4) is 0 Å². The topological polar surface area (TPSA) is 82.8 Å². The molecule has 1 heterocycles. The second-order valence-corrected chi connectivity index (χ2v) is 6.90. The van der Waals surface area contributed by atoms with Gasteiger partial charge in [-0.3, -0.25) is 20.0 Å². The van der Waals surface area contributed by atoms with Gasteiger partial charge in [-0.25, -0.2) is 0 Å². The lowest BCUT2D eigenvalue weighted by Gasteiger charge is -2.32. The third kappa shape index (κ3) is 9.61. The van der Waals surface area contributed by atoms with Gasteiger partial charge in [0.15, 0.2) is 5.96 Å². The highest BCUT2D eigenvalue weighted by molar-refractivity contribution is 14.0. The molecular formula is C18H27F3IN5O2. The van der Waals surface area contributed by atoms with Gasteiger partial charge in [0.05, 0.1) is 11.5 Å². The number of rotatable bonds is 7. The monoisotopic (exact) mass is 529 g/mol. The SMILES string of the molecule is CN=C(NCCC1CCN(CC(F)(F)F)CC1)NCc1cccc([N+](=O)[O-])c1.I. The molecule has 1 saturated heterocycles. The van der Waals surface area contributed by atoms with Crippen LogP contribution >= 0.6 is 24.0 Å². The van der Waals surface area contributed by atoms with Crippen molar-refractivity contribution in [1.82, 2.24) is 15.5 Å². The van der Waals surface area contributed by atoms with Crippen molar-refractivity contribution in [3.63, 3.8) is 0 Å². The summed E-state index contributed by atoms with van der Waals surface area (Å²) in [5, 5.41) is 17.1. The predicted molar refractivity (Wildman–Crippen MR) is 117 cm³/mol. The number of hydrogen-bond acceptors (Lipinski definition) is 4. The van der Waals surface area contributed by atoms with E-state index in [9.17, 15) is 23.3 Å². The van der Waals surface area contributed by atoms with Gasteiger partial charge in [0.2, 0.25) is 0 Å². The molecule has 164 valence electrons. The van der Waals surface area contributed by atoms with E-state index in [4.69, 9.17) is 0 Å². The Bertz CT molecular complexity index is 680. The first-order chi connectivity index (χ1) is 13.3. The first-order valence-corrected chi connectivity index (χ1v) is 9.24. The van der Waals surface area contributed by atoms with E-state index in [-0.39, 0.29) is 29.7 Å². The summed E-state index contributed by atoms with van der Waals surface area (Å²) in [6.07, 6.45) is -1.75. The summed E-state index contributed by atoms with van der Waals surface area (Å²) in [7, 11) is 1.64. The molecule has 1 fully saturated rings. The Hall–Kier alpha value is -1.63. The van der Waals surface area contributed by atoms with Crippen molar-refractivity contribution in [2.45, 2.75) is 32.0 Å². The molecule has 1 aromatic rings. The van der Waals surface area contributed by atoms with Crippen LogP contribution in [-0.4, -0.2) is 55.2 Å². The van der Waals surface area contributed by atoms with Crippen molar-refractivity contribution in [2.75, 3.05) is 33.2 Å². The Morgan fingerprint density at radius 2 is 2.00 bits per heavy atom. The summed E-state index contributed by atoms with van der Waals surface area (Å²) >= 11 is 0. The second kappa shape index (κ2) is 12.2. The first-order valence-electron chi connectivity index (χ1n) is 9.24. The number of alkyl halides is 3. The molecule has 0 bridgehead atoms. The number of nitrogens with one attached hydrogen (secondary N) is 2. The molecule has 1 aliphatic heterocycles. The van der Waals surface area contributed by atoms with Gasteiger partial charge in [0, 0.05) is 32.3 Å². The van der Waals surface area contributed by atoms with Crippen molar-refractivity contribution in [3.8, 4) is 0 Å². The molecule has 0 spiro atoms. The van der Waals surface area contributed by atoms with E-state index in [1.165, 1.54) is 17.0 Å². The average Bonchev–Trinajstić information content (AvgIpc) is 2.65. The lowest BCUT2D eigenvalue weighted by molar-refractivity contribution is -0.384. The van der Waals surface area contributed by atoms with Gasteiger partial charge in [0.25, 0.3) is 5.69 Å². The molecule has 1 aliphatic rings. The zero-order chi connectivity index (χ0) is 20.6. The fraction of sp³-hybridized carbons (Fsp3) is 0.611. The van der Waals surface area contributed by atoms with Crippen LogP contribution in [-0.2, 0) is 6.54 Å². The number of aliphatic imine (C=N–C) groups is 1. The number of guanidine groups is 1. The molecular weight excluding hydrogens is 502 g/mol. The molecule has 0 aromatic heterocycles. The molecule has 29 heavy (non-hydrogen) atoms. The fourth-order valence-corrected chi connectivity index (χ4v) is 3.27. The van der Waals surface area contributed by atoms with E-state index in [1.807, 2.05) is 0 Å². The van der Waals surface area contributed by atoms with Crippen LogP contribution in [0.1, 0.15) is 24.8 Å². The maximum atomic E-state index is 12.4. The Balaban J connectivity index is 0.00000420. The van der Waals surface area contributed by atoms with E-state index in [0.717, 1.165) is 24.8 Å². The van der Waals surface area contributed by atoms with Crippen LogP contribution in [0, 0.1) is 16.0 Å². The van der Waals surface area contributed by atoms with Gasteiger partial charge in [-0.2, -0.15) is 13.2 Å². The molecule has 7 nitrogen and oxygen atoms in total. The highest BCUT2D eigenvalue weighted by Gasteiger charge is 2.32. The normalized spacial score (nSPS) is 16.2. The number of nitrogens with zero attached hydrogens (tertiary/aromatic N) is 3. The second-order valence-electron chi connectivity index (χ2n) is 6.90. The van der Waals surface area contributed by atoms with Crippen molar-refractivity contribution in [2.24, 2.45) is 10.9 Å². The quantitative estimate of drug-likeness (QED) is 0.186. The van der Waals surface area contributed by atoms with Gasteiger partial charge in [-0.15, -0.1) is 24.0 Å². The third-order valence-corrected chi connectivity index (χ3v) is 4.76. The number of hydrogen-bond donors (Lipinski definition) is 2. The van der Waals surface area contributed by atoms with E-state index in [2.05, 4.69) is 15.6 Å². The average molecular weight is 529 g/mol.